The number of ether oxygens (including phenoxy) is 1. The van der Waals surface area contributed by atoms with Crippen molar-refractivity contribution >= 4 is 11.7 Å². The van der Waals surface area contributed by atoms with Crippen LogP contribution in [0, 0.1) is 23.7 Å². The van der Waals surface area contributed by atoms with E-state index in [1.165, 1.54) is 0 Å². The first kappa shape index (κ1) is 11.6. The molecule has 0 aromatic carbocycles. The Morgan fingerprint density at radius 1 is 1.59 bits per heavy atom. The maximum absolute atomic E-state index is 12.1. The molecule has 1 amide bonds. The summed E-state index contributed by atoms with van der Waals surface area (Å²) in [6.07, 6.45) is 0.818. The largest absolute Gasteiger partial charge is 0.381 e. The van der Waals surface area contributed by atoms with Gasteiger partial charge in [0.25, 0.3) is 0 Å². The molecule has 1 fully saturated rings. The summed E-state index contributed by atoms with van der Waals surface area (Å²) in [7, 11) is 0. The number of nitrogens with one attached hydrogen (secondary N) is 1. The van der Waals surface area contributed by atoms with E-state index in [-0.39, 0.29) is 5.91 Å². The van der Waals surface area contributed by atoms with Gasteiger partial charge in [0.2, 0.25) is 5.91 Å². The highest BCUT2D eigenvalue weighted by Crippen LogP contribution is 2.31. The minimum absolute atomic E-state index is 0.336. The quantitative estimate of drug-likeness (QED) is 0.833. The maximum atomic E-state index is 12.1. The predicted molar refractivity (Wildman–Crippen MR) is 58.0 cm³/mol. The van der Waals surface area contributed by atoms with Crippen molar-refractivity contribution in [2.45, 2.75) is 19.8 Å². The molecule has 0 radical (unpaired) electrons. The van der Waals surface area contributed by atoms with Crippen LogP contribution in [0.15, 0.2) is 10.6 Å². The molecule has 90 valence electrons. The molecule has 2 heterocycles. The van der Waals surface area contributed by atoms with Gasteiger partial charge in [-0.15, -0.1) is 0 Å². The Morgan fingerprint density at radius 3 is 2.82 bits per heavy atom. The van der Waals surface area contributed by atoms with Crippen LogP contribution in [0.2, 0.25) is 0 Å². The van der Waals surface area contributed by atoms with Crippen LogP contribution in [0.1, 0.15) is 18.6 Å². The van der Waals surface area contributed by atoms with Crippen LogP contribution in [-0.4, -0.2) is 24.3 Å². The highest BCUT2D eigenvalue weighted by Gasteiger charge is 2.40. The first-order valence-electron chi connectivity index (χ1n) is 5.40. The molecule has 0 unspecified atom stereocenters. The molecule has 0 aliphatic carbocycles. The smallest absolute Gasteiger partial charge is 0.246 e. The number of amides is 1. The Bertz CT molecular complexity index is 455. The van der Waals surface area contributed by atoms with Gasteiger partial charge >= 0.3 is 0 Å². The van der Waals surface area contributed by atoms with Crippen LogP contribution in [0.4, 0.5) is 5.82 Å². The molecule has 1 aromatic rings. The van der Waals surface area contributed by atoms with Gasteiger partial charge in [0.05, 0.1) is 6.07 Å². The van der Waals surface area contributed by atoms with E-state index in [1.54, 1.807) is 13.0 Å². The number of aryl methyl sites for hydroxylation is 1. The molecule has 0 spiro atoms. The second-order valence-electron chi connectivity index (χ2n) is 4.08. The number of hydrogen-bond acceptors (Lipinski definition) is 5. The minimum Gasteiger partial charge on any atom is -0.381 e. The lowest BCUT2D eigenvalue weighted by Crippen LogP contribution is -2.40. The Balaban J connectivity index is 2.10. The van der Waals surface area contributed by atoms with Crippen molar-refractivity contribution in [3.05, 3.63) is 11.8 Å². The highest BCUT2D eigenvalue weighted by atomic mass is 16.5. The van der Waals surface area contributed by atoms with Crippen molar-refractivity contribution in [1.29, 1.82) is 5.26 Å². The molecule has 1 aromatic heterocycles. The van der Waals surface area contributed by atoms with Crippen LogP contribution in [0.5, 0.6) is 0 Å². The maximum Gasteiger partial charge on any atom is 0.246 e. The van der Waals surface area contributed by atoms with Gasteiger partial charge in [-0.3, -0.25) is 4.79 Å². The van der Waals surface area contributed by atoms with E-state index in [4.69, 9.17) is 9.26 Å². The first-order chi connectivity index (χ1) is 8.16. The SMILES string of the molecule is Cc1cc(NC(=O)C2(C#N)CCOCC2)no1. The van der Waals surface area contributed by atoms with Crippen molar-refractivity contribution in [2.24, 2.45) is 5.41 Å². The van der Waals surface area contributed by atoms with Crippen LogP contribution in [-0.2, 0) is 9.53 Å². The normalized spacial score (nSPS) is 18.4. The van der Waals surface area contributed by atoms with E-state index >= 15 is 0 Å². The van der Waals surface area contributed by atoms with E-state index in [9.17, 15) is 10.1 Å². The van der Waals surface area contributed by atoms with Gasteiger partial charge in [0.1, 0.15) is 11.2 Å². The number of nitrogens with zero attached hydrogens (tertiary/aromatic N) is 2. The zero-order chi connectivity index (χ0) is 12.3. The molecule has 6 nitrogen and oxygen atoms in total. The topological polar surface area (TPSA) is 88.2 Å². The van der Waals surface area contributed by atoms with Gasteiger partial charge in [-0.2, -0.15) is 5.26 Å². The van der Waals surface area contributed by atoms with Crippen LogP contribution in [0.3, 0.4) is 0 Å². The molecule has 1 N–H and O–H groups in total. The number of rotatable bonds is 2. The summed E-state index contributed by atoms with van der Waals surface area (Å²) in [6.45, 7) is 2.59. The number of carbonyl (C=O) groups is 1. The fourth-order valence-electron chi connectivity index (χ4n) is 1.77. The fraction of sp³-hybridized carbons (Fsp3) is 0.545. The summed E-state index contributed by atoms with van der Waals surface area (Å²) in [5.74, 6) is 0.614. The van der Waals surface area contributed by atoms with Gasteiger partial charge in [-0.05, 0) is 19.8 Å². The second-order valence-corrected chi connectivity index (χ2v) is 4.08. The first-order valence-corrected chi connectivity index (χ1v) is 5.40. The molecular formula is C11H13N3O3. The third-order valence-electron chi connectivity index (χ3n) is 2.86. The monoisotopic (exact) mass is 235 g/mol. The third kappa shape index (κ3) is 2.29. The molecule has 2 rings (SSSR count). The summed E-state index contributed by atoms with van der Waals surface area (Å²) in [6, 6.07) is 3.71. The predicted octanol–water partition coefficient (Wildman–Crippen LogP) is 1.24. The third-order valence-corrected chi connectivity index (χ3v) is 2.86. The average Bonchev–Trinajstić information content (AvgIpc) is 2.75. The van der Waals surface area contributed by atoms with Gasteiger partial charge in [0.15, 0.2) is 5.82 Å². The Labute approximate surface area is 98.5 Å². The van der Waals surface area contributed by atoms with Gasteiger partial charge in [0, 0.05) is 19.3 Å². The molecular weight excluding hydrogens is 222 g/mol. The summed E-state index contributed by atoms with van der Waals surface area (Å²) >= 11 is 0. The standard InChI is InChI=1S/C11H13N3O3/c1-8-6-9(14-17-8)13-10(15)11(7-12)2-4-16-5-3-11/h6H,2-5H2,1H3,(H,13,14,15). The summed E-state index contributed by atoms with van der Waals surface area (Å²) in [5, 5.41) is 15.5. The number of nitriles is 1. The molecule has 17 heavy (non-hydrogen) atoms. The lowest BCUT2D eigenvalue weighted by molar-refractivity contribution is -0.126. The van der Waals surface area contributed by atoms with Gasteiger partial charge in [-0.1, -0.05) is 5.16 Å². The van der Waals surface area contributed by atoms with Gasteiger partial charge in [-0.25, -0.2) is 0 Å². The van der Waals surface area contributed by atoms with E-state index in [1.807, 2.05) is 0 Å². The van der Waals surface area contributed by atoms with Crippen molar-refractivity contribution in [2.75, 3.05) is 18.5 Å². The van der Waals surface area contributed by atoms with Crippen molar-refractivity contribution < 1.29 is 14.1 Å². The molecule has 0 bridgehead atoms. The Hall–Kier alpha value is -1.87. The summed E-state index contributed by atoms with van der Waals surface area (Å²) in [4.78, 5) is 12.1. The van der Waals surface area contributed by atoms with Crippen LogP contribution < -0.4 is 5.32 Å². The zero-order valence-electron chi connectivity index (χ0n) is 9.52. The summed E-state index contributed by atoms with van der Waals surface area (Å²) in [5.41, 5.74) is -1.01. The van der Waals surface area contributed by atoms with E-state index in [2.05, 4.69) is 16.5 Å². The van der Waals surface area contributed by atoms with Crippen LogP contribution in [0.25, 0.3) is 0 Å². The van der Waals surface area contributed by atoms with Crippen molar-refractivity contribution in [3.63, 3.8) is 0 Å². The molecule has 0 atom stereocenters. The van der Waals surface area contributed by atoms with Crippen LogP contribution >= 0.6 is 0 Å². The van der Waals surface area contributed by atoms with Gasteiger partial charge < -0.3 is 14.6 Å². The Kier molecular flexibility index (Phi) is 3.11. The number of anilines is 1. The van der Waals surface area contributed by atoms with E-state index in [0.29, 0.717) is 37.6 Å². The fourth-order valence-corrected chi connectivity index (χ4v) is 1.77. The highest BCUT2D eigenvalue weighted by molar-refractivity contribution is 5.96. The van der Waals surface area contributed by atoms with E-state index in [0.717, 1.165) is 0 Å². The molecule has 1 aliphatic rings. The number of carbonyl (C=O) groups excluding carboxylic acids is 1. The van der Waals surface area contributed by atoms with E-state index < -0.39 is 5.41 Å². The van der Waals surface area contributed by atoms with Crippen molar-refractivity contribution in [3.8, 4) is 6.07 Å². The number of hydrogen-bond donors (Lipinski definition) is 1. The number of aromatic nitrogens is 1. The molecule has 0 saturated carbocycles. The average molecular weight is 235 g/mol. The molecule has 1 saturated heterocycles. The molecule has 6 heteroatoms. The summed E-state index contributed by atoms with van der Waals surface area (Å²) < 4.78 is 10.0. The minimum atomic E-state index is -1.01. The van der Waals surface area contributed by atoms with Crippen molar-refractivity contribution in [1.82, 2.24) is 5.16 Å². The molecule has 1 aliphatic heterocycles. The zero-order valence-corrected chi connectivity index (χ0v) is 9.52. The lowest BCUT2D eigenvalue weighted by Gasteiger charge is -2.28. The second kappa shape index (κ2) is 4.55. The lowest BCUT2D eigenvalue weighted by atomic mass is 9.81. The Morgan fingerprint density at radius 2 is 2.29 bits per heavy atom.